The van der Waals surface area contributed by atoms with Gasteiger partial charge < -0.3 is 9.84 Å². The van der Waals surface area contributed by atoms with Crippen molar-refractivity contribution in [1.29, 1.82) is 0 Å². The van der Waals surface area contributed by atoms with E-state index < -0.39 is 15.8 Å². The van der Waals surface area contributed by atoms with Gasteiger partial charge in [0, 0.05) is 25.2 Å². The number of benzene rings is 2. The van der Waals surface area contributed by atoms with Gasteiger partial charge in [-0.3, -0.25) is 4.31 Å². The molecule has 2 aromatic carbocycles. The summed E-state index contributed by atoms with van der Waals surface area (Å²) in [5.41, 5.74) is 2.14. The fourth-order valence-electron chi connectivity index (χ4n) is 4.01. The molecule has 0 saturated carbocycles. The zero-order chi connectivity index (χ0) is 18.5. The van der Waals surface area contributed by atoms with Gasteiger partial charge in [-0.15, -0.1) is 0 Å². The average Bonchev–Trinajstić information content (AvgIpc) is 2.94. The molecule has 0 bridgehead atoms. The van der Waals surface area contributed by atoms with E-state index in [1.54, 1.807) is 13.0 Å². The molecule has 1 spiro atoms. The molecular formula is C19H20ClNO4S. The van der Waals surface area contributed by atoms with Crippen molar-refractivity contribution in [2.45, 2.75) is 30.1 Å². The Morgan fingerprint density at radius 1 is 1.19 bits per heavy atom. The summed E-state index contributed by atoms with van der Waals surface area (Å²) in [6.45, 7) is 3.33. The van der Waals surface area contributed by atoms with Gasteiger partial charge in [0.25, 0.3) is 10.0 Å². The van der Waals surface area contributed by atoms with Crippen LogP contribution in [0.1, 0.15) is 24.0 Å². The molecule has 0 radical (unpaired) electrons. The number of anilines is 1. The average molecular weight is 394 g/mol. The number of aromatic hydroxyl groups is 1. The Bertz CT molecular complexity index is 967. The molecular weight excluding hydrogens is 374 g/mol. The first-order chi connectivity index (χ1) is 12.3. The van der Waals surface area contributed by atoms with Crippen molar-refractivity contribution in [2.24, 2.45) is 0 Å². The molecule has 5 nitrogen and oxygen atoms in total. The van der Waals surface area contributed by atoms with E-state index in [0.29, 0.717) is 31.0 Å². The lowest BCUT2D eigenvalue weighted by atomic mass is 9.76. The minimum atomic E-state index is -3.95. The standard InChI is InChI=1S/C19H20ClNO4S/c1-13-10-15(20)18(22)17(11-13)26(23,24)21-12-19(6-8-25-9-7-19)14-4-2-3-5-16(14)21/h2-5,10-11,22H,6-9,12H2,1H3. The third-order valence-electron chi connectivity index (χ3n) is 5.38. The topological polar surface area (TPSA) is 66.8 Å². The van der Waals surface area contributed by atoms with Crippen LogP contribution >= 0.6 is 11.6 Å². The number of hydrogen-bond donors (Lipinski definition) is 1. The van der Waals surface area contributed by atoms with Crippen molar-refractivity contribution in [3.63, 3.8) is 0 Å². The number of ether oxygens (including phenoxy) is 1. The number of para-hydroxylation sites is 1. The summed E-state index contributed by atoms with van der Waals surface area (Å²) < 4.78 is 33.8. The van der Waals surface area contributed by atoms with Crippen LogP contribution in [-0.2, 0) is 20.2 Å². The lowest BCUT2D eigenvalue weighted by Crippen LogP contribution is -2.40. The van der Waals surface area contributed by atoms with Gasteiger partial charge in [0.2, 0.25) is 0 Å². The zero-order valence-electron chi connectivity index (χ0n) is 14.4. The van der Waals surface area contributed by atoms with Gasteiger partial charge in [-0.05, 0) is 49.1 Å². The molecule has 0 aliphatic carbocycles. The molecule has 26 heavy (non-hydrogen) atoms. The maximum atomic E-state index is 13.4. The van der Waals surface area contributed by atoms with Crippen LogP contribution in [-0.4, -0.2) is 33.3 Å². The van der Waals surface area contributed by atoms with E-state index in [1.165, 1.54) is 10.4 Å². The van der Waals surface area contributed by atoms with Crippen LogP contribution in [0.15, 0.2) is 41.3 Å². The summed E-state index contributed by atoms with van der Waals surface area (Å²) >= 11 is 6.02. The highest BCUT2D eigenvalue weighted by Gasteiger charge is 2.47. The number of aryl methyl sites for hydroxylation is 1. The van der Waals surface area contributed by atoms with Gasteiger partial charge in [0.15, 0.2) is 5.75 Å². The minimum absolute atomic E-state index is 0.0387. The van der Waals surface area contributed by atoms with Gasteiger partial charge in [-0.1, -0.05) is 29.8 Å². The van der Waals surface area contributed by atoms with Gasteiger partial charge in [-0.2, -0.15) is 0 Å². The van der Waals surface area contributed by atoms with E-state index in [9.17, 15) is 13.5 Å². The number of rotatable bonds is 2. The summed E-state index contributed by atoms with van der Waals surface area (Å²) in [5, 5.41) is 10.3. The molecule has 2 aromatic rings. The van der Waals surface area contributed by atoms with Crippen molar-refractivity contribution < 1.29 is 18.3 Å². The molecule has 0 aromatic heterocycles. The van der Waals surface area contributed by atoms with Gasteiger partial charge >= 0.3 is 0 Å². The summed E-state index contributed by atoms with van der Waals surface area (Å²) in [6, 6.07) is 10.6. The van der Waals surface area contributed by atoms with Crippen molar-refractivity contribution in [3.8, 4) is 5.75 Å². The van der Waals surface area contributed by atoms with E-state index in [4.69, 9.17) is 16.3 Å². The van der Waals surface area contributed by atoms with E-state index in [0.717, 1.165) is 18.4 Å². The van der Waals surface area contributed by atoms with E-state index >= 15 is 0 Å². The highest BCUT2D eigenvalue weighted by Crippen LogP contribution is 2.49. The maximum absolute atomic E-state index is 13.4. The molecule has 1 fully saturated rings. The van der Waals surface area contributed by atoms with Crippen LogP contribution in [0, 0.1) is 6.92 Å². The van der Waals surface area contributed by atoms with Crippen LogP contribution < -0.4 is 4.31 Å². The van der Waals surface area contributed by atoms with Gasteiger partial charge in [0.05, 0.1) is 10.7 Å². The number of fused-ring (bicyclic) bond motifs is 2. The molecule has 1 N–H and O–H groups in total. The molecule has 2 aliphatic heterocycles. The van der Waals surface area contributed by atoms with Crippen LogP contribution in [0.5, 0.6) is 5.75 Å². The summed E-state index contributed by atoms with van der Waals surface area (Å²) in [4.78, 5) is -0.151. The van der Waals surface area contributed by atoms with Crippen LogP contribution in [0.25, 0.3) is 0 Å². The summed E-state index contributed by atoms with van der Waals surface area (Å²) in [7, 11) is -3.95. The van der Waals surface area contributed by atoms with E-state index in [-0.39, 0.29) is 15.3 Å². The molecule has 0 atom stereocenters. The molecule has 2 heterocycles. The monoisotopic (exact) mass is 393 g/mol. The highest BCUT2D eigenvalue weighted by atomic mass is 35.5. The van der Waals surface area contributed by atoms with E-state index in [1.807, 2.05) is 24.3 Å². The largest absolute Gasteiger partial charge is 0.505 e. The van der Waals surface area contributed by atoms with Crippen molar-refractivity contribution in [2.75, 3.05) is 24.1 Å². The molecule has 0 unspecified atom stereocenters. The Morgan fingerprint density at radius 2 is 1.88 bits per heavy atom. The lowest BCUT2D eigenvalue weighted by molar-refractivity contribution is 0.0560. The maximum Gasteiger partial charge on any atom is 0.268 e. The molecule has 138 valence electrons. The van der Waals surface area contributed by atoms with Crippen LogP contribution in [0.2, 0.25) is 5.02 Å². The SMILES string of the molecule is Cc1cc(Cl)c(O)c(S(=O)(=O)N2CC3(CCOCC3)c3ccccc32)c1. The predicted octanol–water partition coefficient (Wildman–Crippen LogP) is 3.61. The molecule has 0 amide bonds. The Kier molecular flexibility index (Phi) is 4.17. The fourth-order valence-corrected chi connectivity index (χ4v) is 6.10. The summed E-state index contributed by atoms with van der Waals surface area (Å²) in [6.07, 6.45) is 1.55. The molecule has 2 aliphatic rings. The number of sulfonamides is 1. The first-order valence-electron chi connectivity index (χ1n) is 8.54. The summed E-state index contributed by atoms with van der Waals surface area (Å²) in [5.74, 6) is -0.400. The third-order valence-corrected chi connectivity index (χ3v) is 7.44. The number of phenols is 1. The molecule has 4 rings (SSSR count). The van der Waals surface area contributed by atoms with E-state index in [2.05, 4.69) is 0 Å². The second-order valence-electron chi connectivity index (χ2n) is 7.02. The number of phenolic OH excluding ortho intramolecular Hbond substituents is 1. The Balaban J connectivity index is 1.86. The number of halogens is 1. The smallest absolute Gasteiger partial charge is 0.268 e. The van der Waals surface area contributed by atoms with Crippen molar-refractivity contribution in [3.05, 3.63) is 52.5 Å². The van der Waals surface area contributed by atoms with Crippen molar-refractivity contribution >= 4 is 27.3 Å². The predicted molar refractivity (Wildman–Crippen MR) is 101 cm³/mol. The number of hydrogen-bond acceptors (Lipinski definition) is 4. The van der Waals surface area contributed by atoms with Gasteiger partial charge in [0.1, 0.15) is 4.90 Å². The molecule has 1 saturated heterocycles. The Labute approximate surface area is 158 Å². The molecule has 7 heteroatoms. The Morgan fingerprint density at radius 3 is 2.62 bits per heavy atom. The first-order valence-corrected chi connectivity index (χ1v) is 10.4. The third kappa shape index (κ3) is 2.59. The van der Waals surface area contributed by atoms with Crippen LogP contribution in [0.4, 0.5) is 5.69 Å². The van der Waals surface area contributed by atoms with Gasteiger partial charge in [-0.25, -0.2) is 8.42 Å². The minimum Gasteiger partial charge on any atom is -0.505 e. The first kappa shape index (κ1) is 17.6. The fraction of sp³-hybridized carbons (Fsp3) is 0.368. The Hall–Kier alpha value is -1.76. The lowest BCUT2D eigenvalue weighted by Gasteiger charge is -2.34. The zero-order valence-corrected chi connectivity index (χ0v) is 16.0. The van der Waals surface area contributed by atoms with Crippen LogP contribution in [0.3, 0.4) is 0 Å². The van der Waals surface area contributed by atoms with Crippen molar-refractivity contribution in [1.82, 2.24) is 0 Å². The second kappa shape index (κ2) is 6.15. The quantitative estimate of drug-likeness (QED) is 0.846. The normalized spacial score (nSPS) is 18.9. The second-order valence-corrected chi connectivity index (χ2v) is 9.25. The highest BCUT2D eigenvalue weighted by molar-refractivity contribution is 7.93. The number of nitrogens with zero attached hydrogens (tertiary/aromatic N) is 1.